The van der Waals surface area contributed by atoms with E-state index in [2.05, 4.69) is 15.7 Å². The molecule has 0 radical (unpaired) electrons. The average molecular weight is 328 g/mol. The van der Waals surface area contributed by atoms with Crippen LogP contribution >= 0.6 is 0 Å². The number of rotatable bonds is 3. The summed E-state index contributed by atoms with van der Waals surface area (Å²) in [5, 5.41) is 9.82. The summed E-state index contributed by atoms with van der Waals surface area (Å²) in [6, 6.07) is 8.84. The molecule has 0 spiro atoms. The van der Waals surface area contributed by atoms with E-state index in [0.717, 1.165) is 5.69 Å². The van der Waals surface area contributed by atoms with E-state index in [1.807, 2.05) is 20.8 Å². The lowest BCUT2D eigenvalue weighted by atomic mass is 10.0. The molecule has 126 valence electrons. The molecule has 0 bridgehead atoms. The van der Waals surface area contributed by atoms with Crippen LogP contribution in [0.25, 0.3) is 0 Å². The van der Waals surface area contributed by atoms with Crippen molar-refractivity contribution in [3.63, 3.8) is 0 Å². The summed E-state index contributed by atoms with van der Waals surface area (Å²) >= 11 is 0. The van der Waals surface area contributed by atoms with Crippen molar-refractivity contribution in [1.82, 2.24) is 9.78 Å². The lowest BCUT2D eigenvalue weighted by molar-refractivity contribution is -0.143. The minimum Gasteiger partial charge on any atom is -0.466 e. The van der Waals surface area contributed by atoms with Crippen molar-refractivity contribution in [1.29, 1.82) is 0 Å². The van der Waals surface area contributed by atoms with Crippen molar-refractivity contribution in [3.8, 4) is 5.75 Å². The van der Waals surface area contributed by atoms with Crippen molar-refractivity contribution in [2.24, 2.45) is 0 Å². The Morgan fingerprint density at radius 1 is 1.38 bits per heavy atom. The number of aryl methyl sites for hydroxylation is 1. The first-order chi connectivity index (χ1) is 11.3. The molecule has 1 aliphatic heterocycles. The van der Waals surface area contributed by atoms with Crippen molar-refractivity contribution < 1.29 is 14.3 Å². The van der Waals surface area contributed by atoms with Crippen LogP contribution in [0, 0.1) is 6.92 Å². The summed E-state index contributed by atoms with van der Waals surface area (Å²) in [7, 11) is 0. The molecule has 2 aromatic rings. The average Bonchev–Trinajstić information content (AvgIpc) is 2.89. The predicted molar refractivity (Wildman–Crippen MR) is 90.1 cm³/mol. The van der Waals surface area contributed by atoms with Gasteiger partial charge in [0.1, 0.15) is 11.6 Å². The SMILES string of the molecule is Cc1cc(NC(=O)C2(C)Oc3ccccc3NC2=O)n(C(C)C)n1. The van der Waals surface area contributed by atoms with E-state index >= 15 is 0 Å². The second kappa shape index (κ2) is 5.67. The quantitative estimate of drug-likeness (QED) is 0.848. The molecular formula is C17H20N4O3. The number of para-hydroxylation sites is 2. The number of carbonyl (C=O) groups is 2. The maximum atomic E-state index is 12.8. The number of benzene rings is 1. The maximum absolute atomic E-state index is 12.8. The molecule has 0 saturated carbocycles. The number of hydrogen-bond donors (Lipinski definition) is 2. The largest absolute Gasteiger partial charge is 0.466 e. The zero-order chi connectivity index (χ0) is 17.5. The summed E-state index contributed by atoms with van der Waals surface area (Å²) in [5.74, 6) is -0.0605. The van der Waals surface area contributed by atoms with Crippen molar-refractivity contribution in [2.45, 2.75) is 39.3 Å². The number of hydrogen-bond acceptors (Lipinski definition) is 4. The van der Waals surface area contributed by atoms with Crippen molar-refractivity contribution in [2.75, 3.05) is 10.6 Å². The van der Waals surface area contributed by atoms with Gasteiger partial charge in [0.05, 0.1) is 11.4 Å². The Morgan fingerprint density at radius 3 is 2.79 bits per heavy atom. The normalized spacial score (nSPS) is 19.5. The monoisotopic (exact) mass is 328 g/mol. The van der Waals surface area contributed by atoms with E-state index in [4.69, 9.17) is 4.74 Å². The molecule has 3 rings (SSSR count). The summed E-state index contributed by atoms with van der Waals surface area (Å²) in [4.78, 5) is 25.2. The molecular weight excluding hydrogens is 308 g/mol. The van der Waals surface area contributed by atoms with Crippen LogP contribution in [0.2, 0.25) is 0 Å². The Bertz CT molecular complexity index is 812. The second-order valence-electron chi connectivity index (χ2n) is 6.25. The third-order valence-corrected chi connectivity index (χ3v) is 3.90. The topological polar surface area (TPSA) is 85.3 Å². The standard InChI is InChI=1S/C17H20N4O3/c1-10(2)21-14(9-11(3)20-21)19-16(23)17(4)15(22)18-12-7-5-6-8-13(12)24-17/h5-10H,1-4H3,(H,18,22)(H,19,23). The lowest BCUT2D eigenvalue weighted by Gasteiger charge is -2.33. The second-order valence-corrected chi connectivity index (χ2v) is 6.25. The minimum absolute atomic E-state index is 0.0728. The Labute approximate surface area is 140 Å². The Hall–Kier alpha value is -2.83. The first-order valence-corrected chi connectivity index (χ1v) is 7.78. The van der Waals surface area contributed by atoms with Crippen molar-refractivity contribution >= 4 is 23.3 Å². The smallest absolute Gasteiger partial charge is 0.279 e. The highest BCUT2D eigenvalue weighted by atomic mass is 16.5. The van der Waals surface area contributed by atoms with Gasteiger partial charge >= 0.3 is 0 Å². The molecule has 0 saturated heterocycles. The van der Waals surface area contributed by atoms with Gasteiger partial charge in [-0.3, -0.25) is 9.59 Å². The fraction of sp³-hybridized carbons (Fsp3) is 0.353. The third-order valence-electron chi connectivity index (χ3n) is 3.90. The lowest BCUT2D eigenvalue weighted by Crippen LogP contribution is -2.56. The zero-order valence-corrected chi connectivity index (χ0v) is 14.1. The molecule has 7 nitrogen and oxygen atoms in total. The number of carbonyl (C=O) groups excluding carboxylic acids is 2. The van der Waals surface area contributed by atoms with E-state index in [1.54, 1.807) is 35.0 Å². The molecule has 1 unspecified atom stereocenters. The molecule has 1 aromatic carbocycles. The van der Waals surface area contributed by atoms with Crippen molar-refractivity contribution in [3.05, 3.63) is 36.0 Å². The molecule has 1 aromatic heterocycles. The van der Waals surface area contributed by atoms with E-state index in [0.29, 0.717) is 17.3 Å². The van der Waals surface area contributed by atoms with Gasteiger partial charge in [-0.05, 0) is 39.8 Å². The van der Waals surface area contributed by atoms with E-state index in [9.17, 15) is 9.59 Å². The number of nitrogens with zero attached hydrogens (tertiary/aromatic N) is 2. The molecule has 0 fully saturated rings. The predicted octanol–water partition coefficient (Wildman–Crippen LogP) is 2.50. The van der Waals surface area contributed by atoms with Crippen LogP contribution in [0.5, 0.6) is 5.75 Å². The van der Waals surface area contributed by atoms with E-state index in [-0.39, 0.29) is 6.04 Å². The number of fused-ring (bicyclic) bond motifs is 1. The van der Waals surface area contributed by atoms with Gasteiger partial charge in [0.15, 0.2) is 0 Å². The minimum atomic E-state index is -1.66. The summed E-state index contributed by atoms with van der Waals surface area (Å²) in [6.45, 7) is 7.22. The summed E-state index contributed by atoms with van der Waals surface area (Å²) in [6.07, 6.45) is 0. The Kier molecular flexibility index (Phi) is 3.79. The van der Waals surface area contributed by atoms with Gasteiger partial charge in [0, 0.05) is 12.1 Å². The maximum Gasteiger partial charge on any atom is 0.279 e. The molecule has 2 N–H and O–H groups in total. The van der Waals surface area contributed by atoms with Gasteiger partial charge < -0.3 is 15.4 Å². The van der Waals surface area contributed by atoms with Crippen LogP contribution in [0.4, 0.5) is 11.5 Å². The molecule has 2 amide bonds. The summed E-state index contributed by atoms with van der Waals surface area (Å²) < 4.78 is 7.42. The number of nitrogens with one attached hydrogen (secondary N) is 2. The Balaban J connectivity index is 1.89. The highest BCUT2D eigenvalue weighted by molar-refractivity contribution is 6.18. The van der Waals surface area contributed by atoms with Gasteiger partial charge in [-0.1, -0.05) is 12.1 Å². The van der Waals surface area contributed by atoms with Gasteiger partial charge in [0.2, 0.25) is 0 Å². The van der Waals surface area contributed by atoms with Gasteiger partial charge in [-0.25, -0.2) is 4.68 Å². The van der Waals surface area contributed by atoms with Crippen LogP contribution in [0.3, 0.4) is 0 Å². The van der Waals surface area contributed by atoms with Crippen LogP contribution in [-0.2, 0) is 9.59 Å². The van der Waals surface area contributed by atoms with Crippen LogP contribution in [0.15, 0.2) is 30.3 Å². The number of anilines is 2. The zero-order valence-electron chi connectivity index (χ0n) is 14.1. The molecule has 2 heterocycles. The molecule has 7 heteroatoms. The Morgan fingerprint density at radius 2 is 2.08 bits per heavy atom. The van der Waals surface area contributed by atoms with Crippen LogP contribution < -0.4 is 15.4 Å². The molecule has 24 heavy (non-hydrogen) atoms. The molecule has 0 aliphatic carbocycles. The van der Waals surface area contributed by atoms with E-state index in [1.165, 1.54) is 6.92 Å². The summed E-state index contributed by atoms with van der Waals surface area (Å²) in [5.41, 5.74) is -0.326. The first kappa shape index (κ1) is 16.0. The van der Waals surface area contributed by atoms with Gasteiger partial charge in [-0.2, -0.15) is 5.10 Å². The fourth-order valence-electron chi connectivity index (χ4n) is 2.56. The fourth-order valence-corrected chi connectivity index (χ4v) is 2.56. The van der Waals surface area contributed by atoms with Crippen LogP contribution in [-0.4, -0.2) is 27.2 Å². The number of amides is 2. The van der Waals surface area contributed by atoms with Gasteiger partial charge in [0.25, 0.3) is 17.4 Å². The van der Waals surface area contributed by atoms with E-state index < -0.39 is 17.4 Å². The molecule has 1 atom stereocenters. The number of ether oxygens (including phenoxy) is 1. The highest BCUT2D eigenvalue weighted by Crippen LogP contribution is 2.34. The van der Waals surface area contributed by atoms with Crippen LogP contribution in [0.1, 0.15) is 32.5 Å². The number of aromatic nitrogens is 2. The van der Waals surface area contributed by atoms with Gasteiger partial charge in [-0.15, -0.1) is 0 Å². The molecule has 1 aliphatic rings. The highest BCUT2D eigenvalue weighted by Gasteiger charge is 2.47. The third kappa shape index (κ3) is 2.62. The first-order valence-electron chi connectivity index (χ1n) is 7.78.